The fourth-order valence-corrected chi connectivity index (χ4v) is 7.60. The Bertz CT molecular complexity index is 3110. The maximum Gasteiger partial charge on any atom is 0.228 e. The van der Waals surface area contributed by atoms with E-state index in [9.17, 15) is 0 Å². The Balaban J connectivity index is 1.13. The molecule has 0 radical (unpaired) electrons. The summed E-state index contributed by atoms with van der Waals surface area (Å²) in [6.45, 7) is 0. The van der Waals surface area contributed by atoms with Crippen molar-refractivity contribution in [2.75, 3.05) is 4.90 Å². The molecule has 0 spiro atoms. The summed E-state index contributed by atoms with van der Waals surface area (Å²) in [5.41, 5.74) is 8.67. The molecule has 50 heavy (non-hydrogen) atoms. The van der Waals surface area contributed by atoms with Crippen LogP contribution < -0.4 is 4.90 Å². The van der Waals surface area contributed by atoms with Crippen LogP contribution >= 0.6 is 0 Å². The zero-order valence-corrected chi connectivity index (χ0v) is 26.6. The number of para-hydroxylation sites is 2. The summed E-state index contributed by atoms with van der Waals surface area (Å²) in [6, 6.07) is 54.3. The van der Waals surface area contributed by atoms with Crippen LogP contribution in [0.15, 0.2) is 171 Å². The molecule has 234 valence electrons. The normalized spacial score (nSPS) is 12.0. The molecular formula is C45H26N2O3. The average Bonchev–Trinajstić information content (AvgIpc) is 3.89. The Morgan fingerprint density at radius 2 is 1.14 bits per heavy atom. The number of furan rings is 2. The van der Waals surface area contributed by atoms with E-state index in [0.717, 1.165) is 99.1 Å². The van der Waals surface area contributed by atoms with Gasteiger partial charge in [-0.25, -0.2) is 4.98 Å². The summed E-state index contributed by atoms with van der Waals surface area (Å²) < 4.78 is 19.8. The van der Waals surface area contributed by atoms with Crippen LogP contribution in [0.2, 0.25) is 0 Å². The monoisotopic (exact) mass is 642 g/mol. The number of fused-ring (bicyclic) bond motifs is 11. The number of hydrogen-bond donors (Lipinski definition) is 0. The molecule has 0 aliphatic heterocycles. The van der Waals surface area contributed by atoms with E-state index in [1.807, 2.05) is 36.4 Å². The van der Waals surface area contributed by atoms with Crippen LogP contribution in [0.4, 0.5) is 17.1 Å². The first-order valence-corrected chi connectivity index (χ1v) is 16.7. The van der Waals surface area contributed by atoms with Crippen molar-refractivity contribution in [2.45, 2.75) is 0 Å². The maximum atomic E-state index is 6.76. The molecule has 0 bridgehead atoms. The molecular weight excluding hydrogens is 617 g/mol. The van der Waals surface area contributed by atoms with E-state index < -0.39 is 0 Å². The molecule has 0 aliphatic carbocycles. The molecule has 0 atom stereocenters. The van der Waals surface area contributed by atoms with Gasteiger partial charge < -0.3 is 18.2 Å². The molecule has 0 amide bonds. The van der Waals surface area contributed by atoms with Crippen molar-refractivity contribution in [1.29, 1.82) is 0 Å². The van der Waals surface area contributed by atoms with Gasteiger partial charge >= 0.3 is 0 Å². The van der Waals surface area contributed by atoms with Crippen molar-refractivity contribution in [3.63, 3.8) is 0 Å². The van der Waals surface area contributed by atoms with Crippen molar-refractivity contribution in [2.24, 2.45) is 0 Å². The Morgan fingerprint density at radius 1 is 0.420 bits per heavy atom. The number of hydrogen-bond acceptors (Lipinski definition) is 5. The number of benzene rings is 8. The van der Waals surface area contributed by atoms with E-state index >= 15 is 0 Å². The summed E-state index contributed by atoms with van der Waals surface area (Å²) in [7, 11) is 0. The van der Waals surface area contributed by atoms with Crippen LogP contribution in [0.5, 0.6) is 0 Å². The van der Waals surface area contributed by atoms with Crippen molar-refractivity contribution >= 4 is 93.6 Å². The number of nitrogens with zero attached hydrogens (tertiary/aromatic N) is 2. The lowest BCUT2D eigenvalue weighted by atomic mass is 10.0. The highest BCUT2D eigenvalue weighted by Gasteiger charge is 2.23. The molecule has 0 saturated heterocycles. The third kappa shape index (κ3) is 3.92. The van der Waals surface area contributed by atoms with E-state index in [1.54, 1.807) is 0 Å². The molecule has 5 nitrogen and oxygen atoms in total. The molecule has 0 saturated carbocycles. The second-order valence-electron chi connectivity index (χ2n) is 12.7. The summed E-state index contributed by atoms with van der Waals surface area (Å²) >= 11 is 0. The summed E-state index contributed by atoms with van der Waals surface area (Å²) in [6.07, 6.45) is 0. The molecule has 3 aromatic heterocycles. The van der Waals surface area contributed by atoms with Crippen LogP contribution in [0.25, 0.3) is 88.0 Å². The van der Waals surface area contributed by atoms with Crippen molar-refractivity contribution < 1.29 is 13.3 Å². The summed E-state index contributed by atoms with van der Waals surface area (Å²) in [5.74, 6) is 0.567. The van der Waals surface area contributed by atoms with E-state index in [-0.39, 0.29) is 0 Å². The van der Waals surface area contributed by atoms with Gasteiger partial charge in [-0.15, -0.1) is 0 Å². The van der Waals surface area contributed by atoms with Gasteiger partial charge in [0, 0.05) is 49.6 Å². The summed E-state index contributed by atoms with van der Waals surface area (Å²) in [5, 5.41) is 8.61. The molecule has 0 unspecified atom stereocenters. The highest BCUT2D eigenvalue weighted by atomic mass is 16.4. The summed E-state index contributed by atoms with van der Waals surface area (Å²) in [4.78, 5) is 7.27. The number of aromatic nitrogens is 1. The smallest absolute Gasteiger partial charge is 0.228 e. The van der Waals surface area contributed by atoms with E-state index in [1.165, 1.54) is 0 Å². The van der Waals surface area contributed by atoms with Crippen LogP contribution in [0.3, 0.4) is 0 Å². The van der Waals surface area contributed by atoms with E-state index in [4.69, 9.17) is 18.2 Å². The molecule has 0 aliphatic rings. The standard InChI is InChI=1S/C45H26N2O3/c1-2-12-29(13-3-1)47(30-22-24-33-34-23-20-28-11-5-7-15-32(28)43(34)49-40(33)26-30)37-18-8-16-35-41-36(17-9-19-38(41)48-44(35)37)45-46-42-31-14-6-4-10-27(31)21-25-39(42)50-45/h1-26H. The number of anilines is 3. The first kappa shape index (κ1) is 27.1. The van der Waals surface area contributed by atoms with E-state index in [0.29, 0.717) is 5.89 Å². The fourth-order valence-electron chi connectivity index (χ4n) is 7.60. The Kier molecular flexibility index (Phi) is 5.60. The predicted molar refractivity (Wildman–Crippen MR) is 204 cm³/mol. The second kappa shape index (κ2) is 10.3. The lowest BCUT2D eigenvalue weighted by Gasteiger charge is -2.25. The zero-order chi connectivity index (χ0) is 32.8. The van der Waals surface area contributed by atoms with Gasteiger partial charge in [0.1, 0.15) is 22.3 Å². The van der Waals surface area contributed by atoms with Gasteiger partial charge in [0.15, 0.2) is 11.2 Å². The quantitative estimate of drug-likeness (QED) is 0.191. The Labute approximate surface area is 285 Å². The minimum absolute atomic E-state index is 0.567. The molecule has 8 aromatic carbocycles. The van der Waals surface area contributed by atoms with Crippen LogP contribution in [-0.4, -0.2) is 4.98 Å². The number of rotatable bonds is 4. The second-order valence-corrected chi connectivity index (χ2v) is 12.7. The molecule has 11 aromatic rings. The first-order valence-electron chi connectivity index (χ1n) is 16.7. The first-order chi connectivity index (χ1) is 24.8. The van der Waals surface area contributed by atoms with Gasteiger partial charge in [0.05, 0.1) is 11.4 Å². The van der Waals surface area contributed by atoms with Crippen molar-refractivity contribution in [3.05, 3.63) is 158 Å². The Morgan fingerprint density at radius 3 is 2.04 bits per heavy atom. The molecule has 0 fully saturated rings. The third-order valence-corrected chi connectivity index (χ3v) is 9.88. The molecule has 3 heterocycles. The van der Waals surface area contributed by atoms with E-state index in [2.05, 4.69) is 126 Å². The van der Waals surface area contributed by atoms with Gasteiger partial charge in [0.25, 0.3) is 0 Å². The Hall–Kier alpha value is -6.85. The topological polar surface area (TPSA) is 55.6 Å². The molecule has 5 heteroatoms. The SMILES string of the molecule is c1ccc(N(c2ccc3c(c2)oc2c4ccccc4ccc32)c2cccc3c2oc2cccc(-c4nc5c(ccc6ccccc65)o4)c23)cc1. The average molecular weight is 643 g/mol. The fraction of sp³-hybridized carbons (Fsp3) is 0. The highest BCUT2D eigenvalue weighted by Crippen LogP contribution is 2.46. The van der Waals surface area contributed by atoms with Gasteiger partial charge in [0.2, 0.25) is 5.89 Å². The molecule has 11 rings (SSSR count). The van der Waals surface area contributed by atoms with Gasteiger partial charge in [-0.2, -0.15) is 0 Å². The van der Waals surface area contributed by atoms with Gasteiger partial charge in [-0.05, 0) is 65.4 Å². The minimum Gasteiger partial charge on any atom is -0.455 e. The van der Waals surface area contributed by atoms with Crippen molar-refractivity contribution in [1.82, 2.24) is 4.98 Å². The van der Waals surface area contributed by atoms with Gasteiger partial charge in [-0.1, -0.05) is 97.1 Å². The highest BCUT2D eigenvalue weighted by molar-refractivity contribution is 6.17. The zero-order valence-electron chi connectivity index (χ0n) is 26.6. The van der Waals surface area contributed by atoms with Crippen LogP contribution in [-0.2, 0) is 0 Å². The predicted octanol–water partition coefficient (Wildman–Crippen LogP) is 13.1. The van der Waals surface area contributed by atoms with Crippen LogP contribution in [0.1, 0.15) is 0 Å². The lowest BCUT2D eigenvalue weighted by molar-refractivity contribution is 0.620. The third-order valence-electron chi connectivity index (χ3n) is 9.88. The van der Waals surface area contributed by atoms with Crippen molar-refractivity contribution in [3.8, 4) is 11.5 Å². The largest absolute Gasteiger partial charge is 0.455 e. The maximum absolute atomic E-state index is 6.76. The molecule has 0 N–H and O–H groups in total. The minimum atomic E-state index is 0.567. The lowest BCUT2D eigenvalue weighted by Crippen LogP contribution is -2.09. The van der Waals surface area contributed by atoms with Gasteiger partial charge in [-0.3, -0.25) is 0 Å². The van der Waals surface area contributed by atoms with Crippen LogP contribution in [0, 0.1) is 0 Å². The number of oxazole rings is 1.